The van der Waals surface area contributed by atoms with E-state index in [1.54, 1.807) is 0 Å². The Kier molecular flexibility index (Phi) is 15.1. The fraction of sp³-hybridized carbons (Fsp3) is 0.455. The van der Waals surface area contributed by atoms with Gasteiger partial charge in [-0.15, -0.1) is 0 Å². The highest BCUT2D eigenvalue weighted by atomic mass is 16.5. The average molecular weight is 681 g/mol. The summed E-state index contributed by atoms with van der Waals surface area (Å²) in [7, 11) is 0. The van der Waals surface area contributed by atoms with Crippen LogP contribution in [0.4, 0.5) is 0 Å². The molecule has 0 amide bonds. The third kappa shape index (κ3) is 10.5. The molecule has 0 heterocycles. The van der Waals surface area contributed by atoms with Crippen molar-refractivity contribution in [2.75, 3.05) is 26.4 Å². The van der Waals surface area contributed by atoms with E-state index in [4.69, 9.17) is 9.47 Å². The van der Waals surface area contributed by atoms with Gasteiger partial charge < -0.3 is 19.7 Å². The minimum absolute atomic E-state index is 0.0173. The number of benzene rings is 3. The Labute approximate surface area is 299 Å². The normalized spacial score (nSPS) is 15.8. The van der Waals surface area contributed by atoms with Crippen molar-refractivity contribution in [2.24, 2.45) is 5.92 Å². The van der Waals surface area contributed by atoms with E-state index in [9.17, 15) is 19.8 Å². The number of carbonyl (C=O) groups is 2. The number of hydrogen-bond acceptors (Lipinski definition) is 6. The van der Waals surface area contributed by atoms with Gasteiger partial charge in [-0.3, -0.25) is 0 Å². The van der Waals surface area contributed by atoms with E-state index < -0.39 is 25.2 Å². The first-order valence-electron chi connectivity index (χ1n) is 18.5. The van der Waals surface area contributed by atoms with Gasteiger partial charge in [-0.1, -0.05) is 107 Å². The standard InChI is InChI=1S/C44H56O6/c1-6-8-9-10-33-11-13-36(14-12-33)37-15-17-38(18-16-37)41-20-19-40(27-35(41)7-2)42-26-34(21-23-49-43(47)30(3)28-45)25-39(32(42)5)22-24-50-44(48)31(4)29-46/h15-20,25-27,33,36,45-46H,3-4,6-14,21-24,28-29H2,1-2,5H3. The van der Waals surface area contributed by atoms with Crippen LogP contribution in [-0.2, 0) is 38.3 Å². The summed E-state index contributed by atoms with van der Waals surface area (Å²) in [6.45, 7) is 13.0. The number of rotatable bonds is 18. The minimum atomic E-state index is -0.613. The molecular weight excluding hydrogens is 624 g/mol. The molecule has 0 spiro atoms. The SMILES string of the molecule is C=C(CO)C(=O)OCCc1cc(CCOC(=O)C(=C)CO)c(C)c(-c2ccc(-c3ccc(C4CCC(CCCCC)CC4)cc3)c(CC)c2)c1. The molecule has 0 aliphatic heterocycles. The molecule has 1 fully saturated rings. The molecule has 268 valence electrons. The van der Waals surface area contributed by atoms with Gasteiger partial charge in [-0.2, -0.15) is 0 Å². The molecule has 2 N–H and O–H groups in total. The first-order chi connectivity index (χ1) is 24.2. The molecule has 50 heavy (non-hydrogen) atoms. The van der Waals surface area contributed by atoms with Crippen molar-refractivity contribution in [3.8, 4) is 22.3 Å². The Balaban J connectivity index is 1.54. The summed E-state index contributed by atoms with van der Waals surface area (Å²) in [4.78, 5) is 24.2. The van der Waals surface area contributed by atoms with Crippen LogP contribution in [0.5, 0.6) is 0 Å². The van der Waals surface area contributed by atoms with Crippen LogP contribution in [0, 0.1) is 12.8 Å². The van der Waals surface area contributed by atoms with Crippen molar-refractivity contribution in [3.63, 3.8) is 0 Å². The number of ether oxygens (including phenoxy) is 2. The van der Waals surface area contributed by atoms with Crippen molar-refractivity contribution in [3.05, 3.63) is 107 Å². The predicted molar refractivity (Wildman–Crippen MR) is 202 cm³/mol. The van der Waals surface area contributed by atoms with Gasteiger partial charge in [-0.05, 0) is 101 Å². The lowest BCUT2D eigenvalue weighted by atomic mass is 9.77. The summed E-state index contributed by atoms with van der Waals surface area (Å²) in [6.07, 6.45) is 12.6. The largest absolute Gasteiger partial charge is 0.462 e. The zero-order valence-corrected chi connectivity index (χ0v) is 30.4. The van der Waals surface area contributed by atoms with Gasteiger partial charge in [0.15, 0.2) is 0 Å². The summed E-state index contributed by atoms with van der Waals surface area (Å²) in [5, 5.41) is 18.4. The van der Waals surface area contributed by atoms with E-state index in [1.807, 2.05) is 0 Å². The smallest absolute Gasteiger partial charge is 0.335 e. The quantitative estimate of drug-likeness (QED) is 0.0792. The molecule has 3 aromatic rings. The average Bonchev–Trinajstić information content (AvgIpc) is 3.15. The monoisotopic (exact) mass is 680 g/mol. The number of hydrogen-bond donors (Lipinski definition) is 2. The van der Waals surface area contributed by atoms with Gasteiger partial charge in [0.2, 0.25) is 0 Å². The number of aliphatic hydroxyl groups is 2. The van der Waals surface area contributed by atoms with Gasteiger partial charge in [-0.25, -0.2) is 9.59 Å². The number of unbranched alkanes of at least 4 members (excludes halogenated alkanes) is 2. The van der Waals surface area contributed by atoms with E-state index in [2.05, 4.69) is 88.5 Å². The maximum Gasteiger partial charge on any atom is 0.335 e. The molecule has 1 saturated carbocycles. The van der Waals surface area contributed by atoms with Crippen molar-refractivity contribution in [1.82, 2.24) is 0 Å². The summed E-state index contributed by atoms with van der Waals surface area (Å²) in [5.41, 5.74) is 10.5. The lowest BCUT2D eigenvalue weighted by Crippen LogP contribution is -2.13. The summed E-state index contributed by atoms with van der Waals surface area (Å²) in [5.74, 6) is 0.349. The minimum Gasteiger partial charge on any atom is -0.462 e. The van der Waals surface area contributed by atoms with Crippen molar-refractivity contribution in [1.29, 1.82) is 0 Å². The molecule has 0 radical (unpaired) electrons. The molecule has 0 bridgehead atoms. The van der Waals surface area contributed by atoms with Crippen LogP contribution < -0.4 is 0 Å². The first kappa shape index (κ1) is 38.8. The molecule has 0 atom stereocenters. The Morgan fingerprint density at radius 2 is 1.36 bits per heavy atom. The van der Waals surface area contributed by atoms with Crippen molar-refractivity contribution >= 4 is 11.9 Å². The third-order valence-electron chi connectivity index (χ3n) is 10.3. The zero-order valence-electron chi connectivity index (χ0n) is 30.4. The summed E-state index contributed by atoms with van der Waals surface area (Å²) < 4.78 is 10.7. The highest BCUT2D eigenvalue weighted by Crippen LogP contribution is 2.39. The third-order valence-corrected chi connectivity index (χ3v) is 10.3. The van der Waals surface area contributed by atoms with E-state index in [-0.39, 0.29) is 24.4 Å². The maximum absolute atomic E-state index is 12.1. The van der Waals surface area contributed by atoms with E-state index in [0.29, 0.717) is 18.8 Å². The molecule has 0 unspecified atom stereocenters. The number of carbonyl (C=O) groups excluding carboxylic acids is 2. The first-order valence-corrected chi connectivity index (χ1v) is 18.5. The van der Waals surface area contributed by atoms with Crippen molar-refractivity contribution < 1.29 is 29.3 Å². The second-order valence-corrected chi connectivity index (χ2v) is 13.8. The van der Waals surface area contributed by atoms with Gasteiger partial charge in [0.1, 0.15) is 0 Å². The van der Waals surface area contributed by atoms with E-state index in [1.165, 1.54) is 73.6 Å². The Morgan fingerprint density at radius 1 is 0.740 bits per heavy atom. The molecular formula is C44H56O6. The van der Waals surface area contributed by atoms with Gasteiger partial charge in [0.05, 0.1) is 37.6 Å². The van der Waals surface area contributed by atoms with Crippen LogP contribution in [0.2, 0.25) is 0 Å². The predicted octanol–water partition coefficient (Wildman–Crippen LogP) is 9.01. The van der Waals surface area contributed by atoms with E-state index in [0.717, 1.165) is 40.2 Å². The Morgan fingerprint density at radius 3 is 1.96 bits per heavy atom. The molecule has 6 heteroatoms. The zero-order chi connectivity index (χ0) is 36.0. The molecule has 3 aromatic carbocycles. The van der Waals surface area contributed by atoms with E-state index >= 15 is 0 Å². The molecule has 0 saturated heterocycles. The van der Waals surface area contributed by atoms with Gasteiger partial charge in [0.25, 0.3) is 0 Å². The van der Waals surface area contributed by atoms with Crippen LogP contribution in [0.25, 0.3) is 22.3 Å². The van der Waals surface area contributed by atoms with Crippen molar-refractivity contribution in [2.45, 2.75) is 97.3 Å². The Hall–Kier alpha value is -4.00. The van der Waals surface area contributed by atoms with Crippen LogP contribution in [0.15, 0.2) is 78.9 Å². The second kappa shape index (κ2) is 19.4. The highest BCUT2D eigenvalue weighted by molar-refractivity contribution is 5.88. The molecule has 4 rings (SSSR count). The van der Waals surface area contributed by atoms with Crippen LogP contribution in [-0.4, -0.2) is 48.6 Å². The maximum atomic E-state index is 12.1. The van der Waals surface area contributed by atoms with Gasteiger partial charge in [0, 0.05) is 12.8 Å². The van der Waals surface area contributed by atoms with Crippen LogP contribution in [0.1, 0.15) is 98.9 Å². The molecule has 1 aliphatic carbocycles. The molecule has 0 aromatic heterocycles. The fourth-order valence-corrected chi connectivity index (χ4v) is 7.13. The number of aliphatic hydroxyl groups excluding tert-OH is 2. The highest BCUT2D eigenvalue weighted by Gasteiger charge is 2.22. The lowest BCUT2D eigenvalue weighted by Gasteiger charge is -2.29. The second-order valence-electron chi connectivity index (χ2n) is 13.8. The summed E-state index contributed by atoms with van der Waals surface area (Å²) >= 11 is 0. The number of aryl methyl sites for hydroxylation is 1. The lowest BCUT2D eigenvalue weighted by molar-refractivity contribution is -0.140. The topological polar surface area (TPSA) is 93.1 Å². The summed E-state index contributed by atoms with van der Waals surface area (Å²) in [6, 6.07) is 20.1. The Bertz CT molecular complexity index is 1610. The van der Waals surface area contributed by atoms with Crippen LogP contribution >= 0.6 is 0 Å². The van der Waals surface area contributed by atoms with Crippen LogP contribution in [0.3, 0.4) is 0 Å². The molecule has 6 nitrogen and oxygen atoms in total. The molecule has 1 aliphatic rings. The van der Waals surface area contributed by atoms with Gasteiger partial charge >= 0.3 is 11.9 Å². The fourth-order valence-electron chi connectivity index (χ4n) is 7.13. The number of esters is 2.